The summed E-state index contributed by atoms with van der Waals surface area (Å²) in [5, 5.41) is 22.2. The maximum Gasteiger partial charge on any atom is 0.339 e. The average molecular weight is 252 g/mol. The molecule has 5 heteroatoms. The first-order valence-electron chi connectivity index (χ1n) is 6.08. The van der Waals surface area contributed by atoms with E-state index in [1.54, 1.807) is 13.0 Å². The number of anilines is 1. The van der Waals surface area contributed by atoms with Gasteiger partial charge in [-0.3, -0.25) is 4.98 Å². The van der Waals surface area contributed by atoms with Gasteiger partial charge in [0.2, 0.25) is 0 Å². The van der Waals surface area contributed by atoms with Gasteiger partial charge in [0.05, 0.1) is 11.3 Å². The van der Waals surface area contributed by atoms with Gasteiger partial charge >= 0.3 is 5.97 Å². The zero-order valence-corrected chi connectivity index (χ0v) is 11.0. The SMILES string of the molecule is CCC(O)(CC)CNc1cc(C)ncc1C(=O)O. The molecule has 0 amide bonds. The van der Waals surface area contributed by atoms with Crippen LogP contribution in [0.1, 0.15) is 42.7 Å². The van der Waals surface area contributed by atoms with Crippen LogP contribution >= 0.6 is 0 Å². The number of nitrogens with one attached hydrogen (secondary N) is 1. The number of carbonyl (C=O) groups is 1. The van der Waals surface area contributed by atoms with E-state index in [1.165, 1.54) is 6.20 Å². The highest BCUT2D eigenvalue weighted by atomic mass is 16.4. The van der Waals surface area contributed by atoms with Crippen molar-refractivity contribution in [3.63, 3.8) is 0 Å². The standard InChI is InChI=1S/C13H20N2O3/c1-4-13(18,5-2)8-15-11-6-9(3)14-7-10(11)12(16)17/h6-7,18H,4-5,8H2,1-3H3,(H,14,15)(H,16,17). The van der Waals surface area contributed by atoms with Gasteiger partial charge in [-0.05, 0) is 25.8 Å². The van der Waals surface area contributed by atoms with E-state index in [0.29, 0.717) is 25.1 Å². The highest BCUT2D eigenvalue weighted by molar-refractivity contribution is 5.93. The van der Waals surface area contributed by atoms with Crippen molar-refractivity contribution in [2.24, 2.45) is 0 Å². The van der Waals surface area contributed by atoms with Crippen molar-refractivity contribution >= 4 is 11.7 Å². The molecule has 0 aliphatic carbocycles. The lowest BCUT2D eigenvalue weighted by molar-refractivity contribution is 0.0455. The van der Waals surface area contributed by atoms with Crippen molar-refractivity contribution in [1.29, 1.82) is 0 Å². The molecule has 1 aromatic rings. The van der Waals surface area contributed by atoms with E-state index in [1.807, 2.05) is 13.8 Å². The lowest BCUT2D eigenvalue weighted by Gasteiger charge is -2.26. The Balaban J connectivity index is 2.90. The van der Waals surface area contributed by atoms with Crippen LogP contribution in [0.25, 0.3) is 0 Å². The van der Waals surface area contributed by atoms with Crippen molar-refractivity contribution < 1.29 is 15.0 Å². The van der Waals surface area contributed by atoms with E-state index in [0.717, 1.165) is 5.69 Å². The van der Waals surface area contributed by atoms with Crippen LogP contribution in [-0.2, 0) is 0 Å². The molecule has 0 unspecified atom stereocenters. The highest BCUT2D eigenvalue weighted by Gasteiger charge is 2.22. The molecule has 0 aliphatic heterocycles. The number of aliphatic hydroxyl groups is 1. The van der Waals surface area contributed by atoms with Crippen LogP contribution < -0.4 is 5.32 Å². The zero-order valence-electron chi connectivity index (χ0n) is 11.0. The van der Waals surface area contributed by atoms with E-state index in [-0.39, 0.29) is 5.56 Å². The monoisotopic (exact) mass is 252 g/mol. The Morgan fingerprint density at radius 2 is 2.06 bits per heavy atom. The average Bonchev–Trinajstić information content (AvgIpc) is 2.35. The maximum atomic E-state index is 11.1. The van der Waals surface area contributed by atoms with Gasteiger partial charge in [-0.15, -0.1) is 0 Å². The highest BCUT2D eigenvalue weighted by Crippen LogP contribution is 2.20. The molecule has 3 N–H and O–H groups in total. The number of aryl methyl sites for hydroxylation is 1. The Bertz CT molecular complexity index is 428. The largest absolute Gasteiger partial charge is 0.478 e. The third-order valence-corrected chi connectivity index (χ3v) is 3.20. The van der Waals surface area contributed by atoms with Crippen molar-refractivity contribution in [3.05, 3.63) is 23.5 Å². The molecule has 0 saturated carbocycles. The smallest absolute Gasteiger partial charge is 0.339 e. The van der Waals surface area contributed by atoms with Gasteiger partial charge in [0.15, 0.2) is 0 Å². The number of hydrogen-bond donors (Lipinski definition) is 3. The first kappa shape index (κ1) is 14.4. The molecule has 0 radical (unpaired) electrons. The van der Waals surface area contributed by atoms with Crippen LogP contribution in [0.5, 0.6) is 0 Å². The molecule has 18 heavy (non-hydrogen) atoms. The second-order valence-corrected chi connectivity index (χ2v) is 4.46. The van der Waals surface area contributed by atoms with Crippen LogP contribution in [0.15, 0.2) is 12.3 Å². The summed E-state index contributed by atoms with van der Waals surface area (Å²) >= 11 is 0. The lowest BCUT2D eigenvalue weighted by Crippen LogP contribution is -2.35. The van der Waals surface area contributed by atoms with Gasteiger partial charge in [-0.2, -0.15) is 0 Å². The molecular weight excluding hydrogens is 232 g/mol. The molecule has 0 saturated heterocycles. The van der Waals surface area contributed by atoms with E-state index in [2.05, 4.69) is 10.3 Å². The summed E-state index contributed by atoms with van der Waals surface area (Å²) < 4.78 is 0. The van der Waals surface area contributed by atoms with Gasteiger partial charge < -0.3 is 15.5 Å². The number of rotatable bonds is 6. The summed E-state index contributed by atoms with van der Waals surface area (Å²) in [4.78, 5) is 15.0. The Morgan fingerprint density at radius 3 is 2.56 bits per heavy atom. The van der Waals surface area contributed by atoms with E-state index in [9.17, 15) is 9.90 Å². The van der Waals surface area contributed by atoms with Crippen LogP contribution in [-0.4, -0.2) is 33.3 Å². The summed E-state index contributed by atoms with van der Waals surface area (Å²) in [5.41, 5.74) is 0.539. The number of aromatic nitrogens is 1. The van der Waals surface area contributed by atoms with Crippen LogP contribution in [0.3, 0.4) is 0 Å². The van der Waals surface area contributed by atoms with E-state index in [4.69, 9.17) is 5.11 Å². The molecule has 0 fully saturated rings. The summed E-state index contributed by atoms with van der Waals surface area (Å²) in [6.45, 7) is 5.93. The normalized spacial score (nSPS) is 11.3. The molecule has 1 heterocycles. The Labute approximate surface area is 107 Å². The van der Waals surface area contributed by atoms with Gasteiger partial charge in [0.1, 0.15) is 5.56 Å². The van der Waals surface area contributed by atoms with Gasteiger partial charge in [0.25, 0.3) is 0 Å². The lowest BCUT2D eigenvalue weighted by atomic mass is 9.97. The Hall–Kier alpha value is -1.62. The molecular formula is C13H20N2O3. The van der Waals surface area contributed by atoms with Crippen molar-refractivity contribution in [1.82, 2.24) is 4.98 Å². The number of carboxylic acid groups (broad SMARTS) is 1. The second-order valence-electron chi connectivity index (χ2n) is 4.46. The van der Waals surface area contributed by atoms with Crippen LogP contribution in [0, 0.1) is 6.92 Å². The molecule has 0 aliphatic rings. The molecule has 1 rings (SSSR count). The summed E-state index contributed by atoms with van der Waals surface area (Å²) in [6, 6.07) is 1.68. The number of nitrogens with zero attached hydrogens (tertiary/aromatic N) is 1. The minimum atomic E-state index is -1.03. The quantitative estimate of drug-likeness (QED) is 0.721. The third-order valence-electron chi connectivity index (χ3n) is 3.20. The minimum absolute atomic E-state index is 0.121. The second kappa shape index (κ2) is 5.82. The summed E-state index contributed by atoms with van der Waals surface area (Å²) in [5.74, 6) is -1.03. The molecule has 0 spiro atoms. The maximum absolute atomic E-state index is 11.1. The first-order chi connectivity index (χ1) is 8.41. The van der Waals surface area contributed by atoms with Gasteiger partial charge in [-0.25, -0.2) is 4.79 Å². The topological polar surface area (TPSA) is 82.5 Å². The third kappa shape index (κ3) is 3.43. The van der Waals surface area contributed by atoms with Crippen LogP contribution in [0.2, 0.25) is 0 Å². The van der Waals surface area contributed by atoms with Crippen molar-refractivity contribution in [2.45, 2.75) is 39.2 Å². The number of aromatic carboxylic acids is 1. The summed E-state index contributed by atoms with van der Waals surface area (Å²) in [6.07, 6.45) is 2.56. The Kier molecular flexibility index (Phi) is 4.67. The molecule has 1 aromatic heterocycles. The fourth-order valence-electron chi connectivity index (χ4n) is 1.64. The number of pyridine rings is 1. The summed E-state index contributed by atoms with van der Waals surface area (Å²) in [7, 11) is 0. The predicted molar refractivity (Wildman–Crippen MR) is 70.0 cm³/mol. The first-order valence-corrected chi connectivity index (χ1v) is 6.08. The fourth-order valence-corrected chi connectivity index (χ4v) is 1.64. The Morgan fingerprint density at radius 1 is 1.44 bits per heavy atom. The zero-order chi connectivity index (χ0) is 13.8. The van der Waals surface area contributed by atoms with E-state index < -0.39 is 11.6 Å². The fraction of sp³-hybridized carbons (Fsp3) is 0.538. The predicted octanol–water partition coefficient (Wildman–Crippen LogP) is 2.05. The minimum Gasteiger partial charge on any atom is -0.478 e. The molecule has 0 atom stereocenters. The molecule has 5 nitrogen and oxygen atoms in total. The van der Waals surface area contributed by atoms with Gasteiger partial charge in [-0.1, -0.05) is 13.8 Å². The number of hydrogen-bond acceptors (Lipinski definition) is 4. The molecule has 0 bridgehead atoms. The van der Waals surface area contributed by atoms with Crippen molar-refractivity contribution in [2.75, 3.05) is 11.9 Å². The molecule has 100 valence electrons. The number of carboxylic acids is 1. The van der Waals surface area contributed by atoms with Crippen molar-refractivity contribution in [3.8, 4) is 0 Å². The van der Waals surface area contributed by atoms with Crippen LogP contribution in [0.4, 0.5) is 5.69 Å². The van der Waals surface area contributed by atoms with E-state index >= 15 is 0 Å². The molecule has 0 aromatic carbocycles. The van der Waals surface area contributed by atoms with Gasteiger partial charge in [0, 0.05) is 18.4 Å².